The van der Waals surface area contributed by atoms with Crippen LogP contribution in [0.3, 0.4) is 0 Å². The molecule has 1 aromatic heterocycles. The Balaban J connectivity index is 2.78. The minimum absolute atomic E-state index is 0.256. The van der Waals surface area contributed by atoms with Crippen LogP contribution < -0.4 is 0 Å². The molecule has 22 heavy (non-hydrogen) atoms. The van der Waals surface area contributed by atoms with E-state index in [1.807, 2.05) is 0 Å². The highest BCUT2D eigenvalue weighted by molar-refractivity contribution is 6.82. The number of benzene rings is 1. The number of fused-ring (bicyclic) bond motifs is 1. The van der Waals surface area contributed by atoms with E-state index >= 15 is 0 Å². The van der Waals surface area contributed by atoms with E-state index in [0.717, 1.165) is 10.9 Å². The monoisotopic (exact) mass is 321 g/mol. The first-order valence-corrected chi connectivity index (χ1v) is 10.4. The molecule has 0 fully saturated rings. The van der Waals surface area contributed by atoms with E-state index in [4.69, 9.17) is 0 Å². The molecule has 0 saturated carbocycles. The Morgan fingerprint density at radius 2 is 1.59 bits per heavy atom. The van der Waals surface area contributed by atoms with Crippen molar-refractivity contribution < 1.29 is 9.50 Å². The summed E-state index contributed by atoms with van der Waals surface area (Å²) in [6.45, 7) is 13.6. The van der Waals surface area contributed by atoms with Gasteiger partial charge in [0.2, 0.25) is 0 Å². The Morgan fingerprint density at radius 1 is 1.05 bits per heavy atom. The molecule has 0 atom stereocenters. The van der Waals surface area contributed by atoms with Gasteiger partial charge in [0.25, 0.3) is 0 Å². The summed E-state index contributed by atoms with van der Waals surface area (Å²) in [5.41, 5.74) is 3.02. The van der Waals surface area contributed by atoms with Gasteiger partial charge < -0.3 is 9.34 Å². The fraction of sp³-hybridized carbons (Fsp3) is 0.556. The maximum atomic E-state index is 14.2. The van der Waals surface area contributed by atoms with Gasteiger partial charge >= 0.3 is 0 Å². The van der Waals surface area contributed by atoms with E-state index in [1.54, 1.807) is 12.1 Å². The van der Waals surface area contributed by atoms with Crippen LogP contribution in [0.1, 0.15) is 47.1 Å². The Bertz CT molecular complexity index is 639. The van der Waals surface area contributed by atoms with Crippen LogP contribution in [0.4, 0.5) is 4.39 Å². The van der Waals surface area contributed by atoms with Gasteiger partial charge in [-0.15, -0.1) is 0 Å². The van der Waals surface area contributed by atoms with Crippen molar-refractivity contribution in [1.82, 2.24) is 4.23 Å². The molecule has 1 aromatic carbocycles. The lowest BCUT2D eigenvalue weighted by molar-refractivity contribution is 0.276. The zero-order valence-corrected chi connectivity index (χ0v) is 15.5. The second-order valence-electron chi connectivity index (χ2n) is 7.20. The first kappa shape index (κ1) is 17.2. The molecule has 122 valence electrons. The zero-order chi connectivity index (χ0) is 16.7. The predicted octanol–water partition coefficient (Wildman–Crippen LogP) is 5.30. The van der Waals surface area contributed by atoms with Gasteiger partial charge in [0.1, 0.15) is 5.82 Å². The molecule has 0 bridgehead atoms. The maximum Gasteiger partial charge on any atom is 0.169 e. The molecule has 0 amide bonds. The van der Waals surface area contributed by atoms with Crippen molar-refractivity contribution in [1.29, 1.82) is 0 Å². The lowest BCUT2D eigenvalue weighted by Crippen LogP contribution is -2.51. The quantitative estimate of drug-likeness (QED) is 0.743. The summed E-state index contributed by atoms with van der Waals surface area (Å²) in [6.07, 6.45) is 2.14. The van der Waals surface area contributed by atoms with Gasteiger partial charge in [0.05, 0.1) is 6.61 Å². The topological polar surface area (TPSA) is 25.2 Å². The number of hydrogen-bond donors (Lipinski definition) is 1. The highest BCUT2D eigenvalue weighted by atomic mass is 28.3. The number of aromatic nitrogens is 1. The lowest BCUT2D eigenvalue weighted by Gasteiger charge is -2.44. The molecule has 1 N–H and O–H groups in total. The van der Waals surface area contributed by atoms with Gasteiger partial charge in [0, 0.05) is 11.1 Å². The van der Waals surface area contributed by atoms with E-state index in [-0.39, 0.29) is 12.4 Å². The van der Waals surface area contributed by atoms with Crippen LogP contribution in [-0.4, -0.2) is 17.6 Å². The van der Waals surface area contributed by atoms with Crippen molar-refractivity contribution in [2.75, 3.05) is 0 Å². The summed E-state index contributed by atoms with van der Waals surface area (Å²) in [7, 11) is -1.88. The fourth-order valence-corrected chi connectivity index (χ4v) is 11.1. The van der Waals surface area contributed by atoms with E-state index in [1.165, 1.54) is 0 Å². The zero-order valence-electron chi connectivity index (χ0n) is 14.5. The van der Waals surface area contributed by atoms with Crippen LogP contribution in [-0.2, 0) is 6.61 Å². The van der Waals surface area contributed by atoms with E-state index in [9.17, 15) is 9.50 Å². The van der Waals surface area contributed by atoms with Crippen LogP contribution in [0.5, 0.6) is 0 Å². The third-order valence-electron chi connectivity index (χ3n) is 5.22. The van der Waals surface area contributed by atoms with Gasteiger partial charge in [-0.2, -0.15) is 0 Å². The van der Waals surface area contributed by atoms with Crippen molar-refractivity contribution in [3.63, 3.8) is 0 Å². The van der Waals surface area contributed by atoms with Gasteiger partial charge in [-0.1, -0.05) is 41.5 Å². The van der Waals surface area contributed by atoms with E-state index < -0.39 is 8.24 Å². The van der Waals surface area contributed by atoms with Crippen LogP contribution in [0.15, 0.2) is 24.4 Å². The number of halogens is 1. The molecule has 0 aliphatic heterocycles. The first-order valence-electron chi connectivity index (χ1n) is 8.17. The number of aliphatic hydroxyl groups excluding tert-OH is 1. The smallest absolute Gasteiger partial charge is 0.169 e. The summed E-state index contributed by atoms with van der Waals surface area (Å²) in [6, 6.07) is 5.44. The molecular formula is C18H28FNOSi. The van der Waals surface area contributed by atoms with Crippen molar-refractivity contribution in [3.8, 4) is 0 Å². The first-order chi connectivity index (χ1) is 10.3. The molecule has 1 heterocycles. The van der Waals surface area contributed by atoms with Crippen molar-refractivity contribution in [2.24, 2.45) is 0 Å². The van der Waals surface area contributed by atoms with Gasteiger partial charge in [-0.05, 0) is 46.4 Å². The molecule has 2 rings (SSSR count). The van der Waals surface area contributed by atoms with Crippen LogP contribution in [0, 0.1) is 5.82 Å². The Kier molecular flexibility index (Phi) is 4.83. The molecular weight excluding hydrogens is 293 g/mol. The third kappa shape index (κ3) is 2.42. The molecule has 0 saturated heterocycles. The lowest BCUT2D eigenvalue weighted by atomic mass is 10.1. The summed E-state index contributed by atoms with van der Waals surface area (Å²) < 4.78 is 16.6. The Morgan fingerprint density at radius 3 is 2.05 bits per heavy atom. The summed E-state index contributed by atoms with van der Waals surface area (Å²) in [5.74, 6) is -0.311. The second kappa shape index (κ2) is 6.17. The van der Waals surface area contributed by atoms with Crippen molar-refractivity contribution >= 4 is 19.1 Å². The average molecular weight is 322 g/mol. The van der Waals surface area contributed by atoms with Crippen LogP contribution in [0.25, 0.3) is 10.9 Å². The molecule has 0 aliphatic carbocycles. The van der Waals surface area contributed by atoms with E-state index in [2.05, 4.69) is 58.0 Å². The fourth-order valence-electron chi connectivity index (χ4n) is 4.50. The summed E-state index contributed by atoms with van der Waals surface area (Å²) in [5, 5.41) is 10.3. The largest absolute Gasteiger partial charge is 0.392 e. The Labute approximate surface area is 134 Å². The van der Waals surface area contributed by atoms with Crippen LogP contribution in [0.2, 0.25) is 16.6 Å². The van der Waals surface area contributed by atoms with Crippen molar-refractivity contribution in [2.45, 2.75) is 64.8 Å². The minimum Gasteiger partial charge on any atom is -0.392 e. The summed E-state index contributed by atoms with van der Waals surface area (Å²) >= 11 is 0. The van der Waals surface area contributed by atoms with Gasteiger partial charge in [-0.3, -0.25) is 0 Å². The number of hydrogen-bond acceptors (Lipinski definition) is 1. The van der Waals surface area contributed by atoms with Crippen molar-refractivity contribution in [3.05, 3.63) is 35.8 Å². The van der Waals surface area contributed by atoms with Gasteiger partial charge in [0.15, 0.2) is 8.24 Å². The molecule has 2 aromatic rings. The molecule has 0 spiro atoms. The molecule has 2 nitrogen and oxygen atoms in total. The van der Waals surface area contributed by atoms with E-state index in [0.29, 0.717) is 22.2 Å². The molecule has 0 unspecified atom stereocenters. The number of nitrogens with zero attached hydrogens (tertiary/aromatic N) is 1. The predicted molar refractivity (Wildman–Crippen MR) is 94.3 cm³/mol. The molecule has 4 heteroatoms. The number of rotatable bonds is 5. The summed E-state index contributed by atoms with van der Waals surface area (Å²) in [4.78, 5) is 0. The highest BCUT2D eigenvalue weighted by Gasteiger charge is 2.45. The van der Waals surface area contributed by atoms with Crippen LogP contribution >= 0.6 is 0 Å². The second-order valence-corrected chi connectivity index (χ2v) is 12.9. The maximum absolute atomic E-state index is 14.2. The molecule has 0 radical (unpaired) electrons. The van der Waals surface area contributed by atoms with Gasteiger partial charge in [-0.25, -0.2) is 4.39 Å². The molecule has 0 aliphatic rings. The highest BCUT2D eigenvalue weighted by Crippen LogP contribution is 2.44. The average Bonchev–Trinajstić information content (AvgIpc) is 2.80. The normalized spacial score (nSPS) is 13.0. The standard InChI is InChI=1S/C18H28FNOSi/c1-12(2)22(13(3)4,14(5)6)20-8-7-15-9-16(11-21)17(19)10-18(15)20/h7-10,12-14,21H,11H2,1-6H3. The SMILES string of the molecule is CC(C)[Si](C(C)C)(C(C)C)n1ccc2cc(CO)c(F)cc21. The third-order valence-corrected chi connectivity index (χ3v) is 12.0. The number of aliphatic hydroxyl groups is 1. The minimum atomic E-state index is -1.88. The Hall–Kier alpha value is -1.13.